The molecule has 90 valence electrons. The number of hydrogen-bond acceptors (Lipinski definition) is 4. The third-order valence-corrected chi connectivity index (χ3v) is 2.88. The third kappa shape index (κ3) is 2.39. The fourth-order valence-electron chi connectivity index (χ4n) is 1.58. The molecule has 5 heteroatoms. The molecule has 0 amide bonds. The minimum atomic E-state index is 0.463. The largest absolute Gasteiger partial charge is 0.443 e. The number of para-hydroxylation sites is 1. The van der Waals surface area contributed by atoms with Crippen LogP contribution in [-0.2, 0) is 0 Å². The Labute approximate surface area is 105 Å². The molecule has 0 unspecified atom stereocenters. The Morgan fingerprint density at radius 1 is 1.41 bits per heavy atom. The van der Waals surface area contributed by atoms with Crippen molar-refractivity contribution in [2.45, 2.75) is 13.8 Å². The molecular weight excluding hydrogens is 236 g/mol. The van der Waals surface area contributed by atoms with Gasteiger partial charge in [0.2, 0.25) is 0 Å². The minimum absolute atomic E-state index is 0.463. The van der Waals surface area contributed by atoms with E-state index in [1.807, 2.05) is 36.9 Å². The number of benzene rings is 1. The SMILES string of the molecule is CCN(CC)C(=S)Oc1cccc2ocnc12. The first kappa shape index (κ1) is 11.9. The van der Waals surface area contributed by atoms with Crippen LogP contribution in [0, 0.1) is 0 Å². The molecule has 0 aliphatic carbocycles. The summed E-state index contributed by atoms with van der Waals surface area (Å²) in [5, 5.41) is 0.463. The molecule has 2 rings (SSSR count). The predicted octanol–water partition coefficient (Wildman–Crippen LogP) is 2.83. The lowest BCUT2D eigenvalue weighted by Gasteiger charge is -2.20. The summed E-state index contributed by atoms with van der Waals surface area (Å²) in [7, 11) is 0. The number of thiocarbonyl (C=S) groups is 1. The highest BCUT2D eigenvalue weighted by Crippen LogP contribution is 2.24. The van der Waals surface area contributed by atoms with Gasteiger partial charge in [0.25, 0.3) is 5.17 Å². The summed E-state index contributed by atoms with van der Waals surface area (Å²) in [6.07, 6.45) is 1.40. The van der Waals surface area contributed by atoms with Crippen molar-refractivity contribution in [3.8, 4) is 5.75 Å². The first-order chi connectivity index (χ1) is 8.26. The number of nitrogens with zero attached hydrogens (tertiary/aromatic N) is 2. The van der Waals surface area contributed by atoms with Crippen molar-refractivity contribution in [3.63, 3.8) is 0 Å². The molecular formula is C12H14N2O2S. The van der Waals surface area contributed by atoms with E-state index >= 15 is 0 Å². The van der Waals surface area contributed by atoms with Crippen LogP contribution in [0.4, 0.5) is 0 Å². The highest BCUT2D eigenvalue weighted by Gasteiger charge is 2.11. The van der Waals surface area contributed by atoms with Gasteiger partial charge >= 0.3 is 0 Å². The van der Waals surface area contributed by atoms with E-state index in [-0.39, 0.29) is 0 Å². The van der Waals surface area contributed by atoms with Gasteiger partial charge in [-0.05, 0) is 38.2 Å². The van der Waals surface area contributed by atoms with E-state index in [0.717, 1.165) is 13.1 Å². The summed E-state index contributed by atoms with van der Waals surface area (Å²) in [6, 6.07) is 5.53. The second-order valence-electron chi connectivity index (χ2n) is 3.50. The minimum Gasteiger partial charge on any atom is -0.443 e. The zero-order valence-electron chi connectivity index (χ0n) is 9.84. The van der Waals surface area contributed by atoms with Gasteiger partial charge < -0.3 is 14.1 Å². The molecule has 0 N–H and O–H groups in total. The van der Waals surface area contributed by atoms with Crippen LogP contribution in [0.1, 0.15) is 13.8 Å². The van der Waals surface area contributed by atoms with E-state index in [0.29, 0.717) is 22.0 Å². The monoisotopic (exact) mass is 250 g/mol. The van der Waals surface area contributed by atoms with Crippen LogP contribution in [0.3, 0.4) is 0 Å². The Balaban J connectivity index is 2.23. The van der Waals surface area contributed by atoms with Crippen LogP contribution in [0.2, 0.25) is 0 Å². The van der Waals surface area contributed by atoms with Gasteiger partial charge in [-0.2, -0.15) is 0 Å². The van der Waals surface area contributed by atoms with Crippen LogP contribution < -0.4 is 4.74 Å². The van der Waals surface area contributed by atoms with Crippen LogP contribution >= 0.6 is 12.2 Å². The van der Waals surface area contributed by atoms with Gasteiger partial charge in [-0.25, -0.2) is 4.98 Å². The van der Waals surface area contributed by atoms with Crippen molar-refractivity contribution in [2.24, 2.45) is 0 Å². The number of rotatable bonds is 3. The van der Waals surface area contributed by atoms with Crippen molar-refractivity contribution < 1.29 is 9.15 Å². The summed E-state index contributed by atoms with van der Waals surface area (Å²) in [5.41, 5.74) is 1.40. The van der Waals surface area contributed by atoms with Crippen molar-refractivity contribution in [3.05, 3.63) is 24.6 Å². The number of ether oxygens (including phenoxy) is 1. The molecule has 0 atom stereocenters. The fraction of sp³-hybridized carbons (Fsp3) is 0.333. The highest BCUT2D eigenvalue weighted by atomic mass is 32.1. The highest BCUT2D eigenvalue weighted by molar-refractivity contribution is 7.80. The van der Waals surface area contributed by atoms with E-state index in [9.17, 15) is 0 Å². The molecule has 0 bridgehead atoms. The second kappa shape index (κ2) is 5.14. The summed E-state index contributed by atoms with van der Waals surface area (Å²) < 4.78 is 10.9. The maximum atomic E-state index is 5.66. The van der Waals surface area contributed by atoms with Crippen molar-refractivity contribution in [1.29, 1.82) is 0 Å². The fourth-order valence-corrected chi connectivity index (χ4v) is 1.93. The third-order valence-electron chi connectivity index (χ3n) is 2.54. The number of aromatic nitrogens is 1. The zero-order chi connectivity index (χ0) is 12.3. The van der Waals surface area contributed by atoms with E-state index in [4.69, 9.17) is 21.4 Å². The topological polar surface area (TPSA) is 38.5 Å². The van der Waals surface area contributed by atoms with Crippen LogP contribution in [0.25, 0.3) is 11.1 Å². The molecule has 4 nitrogen and oxygen atoms in total. The van der Waals surface area contributed by atoms with Crippen molar-refractivity contribution in [2.75, 3.05) is 13.1 Å². The van der Waals surface area contributed by atoms with Gasteiger partial charge in [0.1, 0.15) is 0 Å². The molecule has 0 spiro atoms. The normalized spacial score (nSPS) is 10.5. The molecule has 0 aliphatic heterocycles. The average molecular weight is 250 g/mol. The molecule has 0 fully saturated rings. The summed E-state index contributed by atoms with van der Waals surface area (Å²) in [6.45, 7) is 5.72. The number of oxazole rings is 1. The first-order valence-electron chi connectivity index (χ1n) is 5.55. The molecule has 2 aromatic rings. The van der Waals surface area contributed by atoms with E-state index < -0.39 is 0 Å². The summed E-state index contributed by atoms with van der Waals surface area (Å²) in [4.78, 5) is 6.08. The van der Waals surface area contributed by atoms with Gasteiger partial charge in [0.05, 0.1) is 0 Å². The van der Waals surface area contributed by atoms with Crippen LogP contribution in [0.15, 0.2) is 29.0 Å². The molecule has 0 saturated heterocycles. The Hall–Kier alpha value is -1.62. The van der Waals surface area contributed by atoms with Gasteiger partial charge in [-0.15, -0.1) is 0 Å². The van der Waals surface area contributed by atoms with Gasteiger partial charge in [-0.3, -0.25) is 0 Å². The first-order valence-corrected chi connectivity index (χ1v) is 5.96. The van der Waals surface area contributed by atoms with Gasteiger partial charge in [0.15, 0.2) is 23.2 Å². The zero-order valence-corrected chi connectivity index (χ0v) is 10.7. The van der Waals surface area contributed by atoms with E-state index in [2.05, 4.69) is 4.98 Å². The van der Waals surface area contributed by atoms with Crippen LogP contribution in [-0.4, -0.2) is 28.1 Å². The molecule has 0 saturated carbocycles. The van der Waals surface area contributed by atoms with Crippen molar-refractivity contribution >= 4 is 28.5 Å². The maximum Gasteiger partial charge on any atom is 0.264 e. The maximum absolute atomic E-state index is 5.66. The van der Waals surface area contributed by atoms with Gasteiger partial charge in [0, 0.05) is 13.1 Å². The lowest BCUT2D eigenvalue weighted by molar-refractivity contribution is 0.380. The number of hydrogen-bond donors (Lipinski definition) is 0. The Morgan fingerprint density at radius 3 is 2.88 bits per heavy atom. The second-order valence-corrected chi connectivity index (χ2v) is 3.84. The molecule has 1 aromatic heterocycles. The quantitative estimate of drug-likeness (QED) is 0.783. The standard InChI is InChI=1S/C12H14N2O2S/c1-3-14(4-2)12(17)16-10-7-5-6-9-11(10)13-8-15-9/h5-8H,3-4H2,1-2H3. The summed E-state index contributed by atoms with van der Waals surface area (Å²) >= 11 is 5.24. The molecule has 0 radical (unpaired) electrons. The molecule has 1 aromatic carbocycles. The van der Waals surface area contributed by atoms with Crippen molar-refractivity contribution in [1.82, 2.24) is 9.88 Å². The van der Waals surface area contributed by atoms with Crippen LogP contribution in [0.5, 0.6) is 5.75 Å². The van der Waals surface area contributed by atoms with E-state index in [1.54, 1.807) is 0 Å². The smallest absolute Gasteiger partial charge is 0.264 e. The Kier molecular flexibility index (Phi) is 3.58. The number of fused-ring (bicyclic) bond motifs is 1. The Bertz CT molecular complexity index is 520. The lowest BCUT2D eigenvalue weighted by atomic mass is 10.3. The van der Waals surface area contributed by atoms with Gasteiger partial charge in [-0.1, -0.05) is 6.07 Å². The van der Waals surface area contributed by atoms with E-state index in [1.165, 1.54) is 6.39 Å². The summed E-state index contributed by atoms with van der Waals surface area (Å²) in [5.74, 6) is 0.633. The molecule has 0 aliphatic rings. The lowest BCUT2D eigenvalue weighted by Crippen LogP contribution is -2.32. The average Bonchev–Trinajstić information content (AvgIpc) is 2.80. The molecule has 17 heavy (non-hydrogen) atoms. The Morgan fingerprint density at radius 2 is 2.18 bits per heavy atom. The molecule has 1 heterocycles. The predicted molar refractivity (Wildman–Crippen MR) is 70.2 cm³/mol.